The lowest BCUT2D eigenvalue weighted by molar-refractivity contribution is 0.288. The molecule has 0 radical (unpaired) electrons. The maximum atomic E-state index is 5.35. The van der Waals surface area contributed by atoms with E-state index in [2.05, 4.69) is 39.0 Å². The molecule has 1 nitrogen and oxygen atoms in total. The fraction of sp³-hybridized carbons (Fsp3) is 0.600. The zero-order valence-corrected chi connectivity index (χ0v) is 10.8. The Morgan fingerprint density at radius 3 is 2.69 bits per heavy atom. The maximum Gasteiger partial charge on any atom is 0.119 e. The van der Waals surface area contributed by atoms with E-state index < -0.39 is 0 Å². The Hall–Kier alpha value is -0.980. The summed E-state index contributed by atoms with van der Waals surface area (Å²) in [5.74, 6) is 1.67. The summed E-state index contributed by atoms with van der Waals surface area (Å²) in [5.41, 5.74) is 3.35. The van der Waals surface area contributed by atoms with Crippen molar-refractivity contribution in [3.05, 3.63) is 29.3 Å². The molecule has 1 aromatic rings. The molecule has 0 saturated heterocycles. The van der Waals surface area contributed by atoms with Crippen LogP contribution < -0.4 is 4.74 Å². The number of ether oxygens (including phenoxy) is 1. The Morgan fingerprint density at radius 2 is 2.06 bits per heavy atom. The van der Waals surface area contributed by atoms with Crippen LogP contribution in [-0.2, 0) is 11.8 Å². The van der Waals surface area contributed by atoms with E-state index in [-0.39, 0.29) is 0 Å². The molecule has 16 heavy (non-hydrogen) atoms. The van der Waals surface area contributed by atoms with Gasteiger partial charge in [0.1, 0.15) is 5.75 Å². The van der Waals surface area contributed by atoms with Gasteiger partial charge in [-0.05, 0) is 53.9 Å². The van der Waals surface area contributed by atoms with E-state index in [9.17, 15) is 0 Å². The Morgan fingerprint density at radius 1 is 1.31 bits per heavy atom. The van der Waals surface area contributed by atoms with Crippen molar-refractivity contribution in [3.63, 3.8) is 0 Å². The van der Waals surface area contributed by atoms with Gasteiger partial charge in [-0.2, -0.15) is 0 Å². The van der Waals surface area contributed by atoms with E-state index in [0.717, 1.165) is 5.75 Å². The molecule has 1 atom stereocenters. The molecule has 1 aliphatic rings. The molecule has 1 aromatic carbocycles. The fourth-order valence-corrected chi connectivity index (χ4v) is 2.81. The lowest BCUT2D eigenvalue weighted by Crippen LogP contribution is -2.32. The first kappa shape index (κ1) is 11.5. The molecule has 88 valence electrons. The molecule has 1 heteroatoms. The Labute approximate surface area is 98.8 Å². The van der Waals surface area contributed by atoms with Gasteiger partial charge in [-0.15, -0.1) is 0 Å². The van der Waals surface area contributed by atoms with Crippen LogP contribution in [0.15, 0.2) is 18.2 Å². The zero-order chi connectivity index (χ0) is 11.8. The molecule has 0 spiro atoms. The normalized spacial score (nSPS) is 24.3. The number of hydrogen-bond donors (Lipinski definition) is 0. The standard InChI is InChI=1S/C15H22O/c1-11(2)15(3)9-5-6-12-7-8-13(16-4)10-14(12)15/h7-8,10-11H,5-6,9H2,1-4H3. The van der Waals surface area contributed by atoms with Gasteiger partial charge in [0.15, 0.2) is 0 Å². The molecule has 0 N–H and O–H groups in total. The highest BCUT2D eigenvalue weighted by atomic mass is 16.5. The molecular formula is C15H22O. The molecule has 0 aromatic heterocycles. The number of benzene rings is 1. The highest BCUT2D eigenvalue weighted by Crippen LogP contribution is 2.43. The molecule has 0 amide bonds. The quantitative estimate of drug-likeness (QED) is 0.730. The Balaban J connectivity index is 2.51. The highest BCUT2D eigenvalue weighted by molar-refractivity contribution is 5.42. The van der Waals surface area contributed by atoms with Gasteiger partial charge in [0.2, 0.25) is 0 Å². The van der Waals surface area contributed by atoms with Crippen molar-refractivity contribution in [2.24, 2.45) is 5.92 Å². The third-order valence-electron chi connectivity index (χ3n) is 4.35. The van der Waals surface area contributed by atoms with Crippen LogP contribution >= 0.6 is 0 Å². The Bertz CT molecular complexity index is 381. The van der Waals surface area contributed by atoms with E-state index in [1.165, 1.54) is 30.4 Å². The van der Waals surface area contributed by atoms with Crippen molar-refractivity contribution in [1.29, 1.82) is 0 Å². The largest absolute Gasteiger partial charge is 0.497 e. The van der Waals surface area contributed by atoms with Crippen LogP contribution in [0.5, 0.6) is 5.75 Å². The molecule has 0 aliphatic heterocycles. The van der Waals surface area contributed by atoms with Crippen LogP contribution in [0.4, 0.5) is 0 Å². The van der Waals surface area contributed by atoms with E-state index in [4.69, 9.17) is 4.74 Å². The second-order valence-corrected chi connectivity index (χ2v) is 5.45. The predicted octanol–water partition coefficient (Wildman–Crippen LogP) is 3.95. The van der Waals surface area contributed by atoms with Crippen molar-refractivity contribution in [2.45, 2.75) is 45.4 Å². The molecule has 0 saturated carbocycles. The average molecular weight is 218 g/mol. The predicted molar refractivity (Wildman–Crippen MR) is 68.1 cm³/mol. The monoisotopic (exact) mass is 218 g/mol. The van der Waals surface area contributed by atoms with Crippen molar-refractivity contribution >= 4 is 0 Å². The smallest absolute Gasteiger partial charge is 0.119 e. The number of hydrogen-bond acceptors (Lipinski definition) is 1. The minimum absolute atomic E-state index is 0.322. The summed E-state index contributed by atoms with van der Waals surface area (Å²) in [4.78, 5) is 0. The lowest BCUT2D eigenvalue weighted by Gasteiger charge is -2.39. The van der Waals surface area contributed by atoms with Crippen LogP contribution in [-0.4, -0.2) is 7.11 Å². The van der Waals surface area contributed by atoms with Crippen molar-refractivity contribution in [3.8, 4) is 5.75 Å². The first-order valence-electron chi connectivity index (χ1n) is 6.25. The summed E-state index contributed by atoms with van der Waals surface area (Å²) in [6.07, 6.45) is 3.83. The average Bonchev–Trinajstić information content (AvgIpc) is 2.29. The number of rotatable bonds is 2. The third kappa shape index (κ3) is 1.73. The summed E-state index contributed by atoms with van der Waals surface area (Å²) < 4.78 is 5.35. The van der Waals surface area contributed by atoms with Crippen LogP contribution in [0.1, 0.15) is 44.7 Å². The molecule has 0 heterocycles. The van der Waals surface area contributed by atoms with Crippen molar-refractivity contribution in [1.82, 2.24) is 0 Å². The van der Waals surface area contributed by atoms with E-state index in [1.807, 2.05) is 0 Å². The van der Waals surface area contributed by atoms with Gasteiger partial charge in [-0.3, -0.25) is 0 Å². The number of fused-ring (bicyclic) bond motifs is 1. The molecule has 1 aliphatic carbocycles. The topological polar surface area (TPSA) is 9.23 Å². The molecule has 0 bridgehead atoms. The van der Waals surface area contributed by atoms with Gasteiger partial charge in [0.05, 0.1) is 7.11 Å². The maximum absolute atomic E-state index is 5.35. The third-order valence-corrected chi connectivity index (χ3v) is 4.35. The van der Waals surface area contributed by atoms with Crippen molar-refractivity contribution in [2.75, 3.05) is 7.11 Å². The lowest BCUT2D eigenvalue weighted by atomic mass is 9.65. The van der Waals surface area contributed by atoms with Gasteiger partial charge in [-0.1, -0.05) is 26.8 Å². The van der Waals surface area contributed by atoms with Crippen molar-refractivity contribution < 1.29 is 4.74 Å². The minimum atomic E-state index is 0.322. The van der Waals surface area contributed by atoms with Crippen LogP contribution in [0.3, 0.4) is 0 Å². The summed E-state index contributed by atoms with van der Waals surface area (Å²) in [6.45, 7) is 7.05. The molecular weight excluding hydrogens is 196 g/mol. The molecule has 1 unspecified atom stereocenters. The SMILES string of the molecule is COc1ccc2c(c1)C(C)(C(C)C)CCC2. The zero-order valence-electron chi connectivity index (χ0n) is 10.8. The summed E-state index contributed by atoms with van der Waals surface area (Å²) >= 11 is 0. The van der Waals surface area contributed by atoms with Gasteiger partial charge in [0.25, 0.3) is 0 Å². The summed E-state index contributed by atoms with van der Waals surface area (Å²) in [7, 11) is 1.75. The van der Waals surface area contributed by atoms with Gasteiger partial charge in [-0.25, -0.2) is 0 Å². The summed E-state index contributed by atoms with van der Waals surface area (Å²) in [5, 5.41) is 0. The van der Waals surface area contributed by atoms with Gasteiger partial charge in [0, 0.05) is 0 Å². The number of aryl methyl sites for hydroxylation is 1. The van der Waals surface area contributed by atoms with Crippen LogP contribution in [0, 0.1) is 5.92 Å². The first-order chi connectivity index (χ1) is 7.58. The van der Waals surface area contributed by atoms with Crippen LogP contribution in [0.25, 0.3) is 0 Å². The van der Waals surface area contributed by atoms with Gasteiger partial charge >= 0.3 is 0 Å². The fourth-order valence-electron chi connectivity index (χ4n) is 2.81. The van der Waals surface area contributed by atoms with E-state index in [0.29, 0.717) is 11.3 Å². The van der Waals surface area contributed by atoms with E-state index >= 15 is 0 Å². The molecule has 2 rings (SSSR count). The molecule has 0 fully saturated rings. The second kappa shape index (κ2) is 4.12. The van der Waals surface area contributed by atoms with E-state index in [1.54, 1.807) is 7.11 Å². The van der Waals surface area contributed by atoms with Gasteiger partial charge < -0.3 is 4.74 Å². The highest BCUT2D eigenvalue weighted by Gasteiger charge is 2.34. The second-order valence-electron chi connectivity index (χ2n) is 5.45. The first-order valence-corrected chi connectivity index (χ1v) is 6.25. The minimum Gasteiger partial charge on any atom is -0.497 e. The van der Waals surface area contributed by atoms with Crippen LogP contribution in [0.2, 0.25) is 0 Å². The number of methoxy groups -OCH3 is 1. The summed E-state index contributed by atoms with van der Waals surface area (Å²) in [6, 6.07) is 6.58. The Kier molecular flexibility index (Phi) is 2.96.